The second kappa shape index (κ2) is 10.1. The summed E-state index contributed by atoms with van der Waals surface area (Å²) in [6, 6.07) is 0. The lowest BCUT2D eigenvalue weighted by Crippen LogP contribution is -1.97. The number of Topliss-reactive ketones (excluding diaryl/α,β-unsaturated/α-hetero) is 1. The molecule has 0 aromatic carbocycles. The summed E-state index contributed by atoms with van der Waals surface area (Å²) in [4.78, 5) is 12.3. The normalized spacial score (nSPS) is 9.81. The first kappa shape index (κ1) is 21.6. The van der Waals surface area contributed by atoms with Crippen LogP contribution in [0.25, 0.3) is 0 Å². The first-order chi connectivity index (χ1) is 8.97. The van der Waals surface area contributed by atoms with Gasteiger partial charge < -0.3 is 5.84 Å². The van der Waals surface area contributed by atoms with Crippen molar-refractivity contribution in [2.75, 3.05) is 0 Å². The number of ketones is 1. The smallest absolute Gasteiger partial charge is 0.173 e. The molecule has 0 atom stereocenters. The zero-order valence-electron chi connectivity index (χ0n) is 11.0. The van der Waals surface area contributed by atoms with Crippen molar-refractivity contribution < 1.29 is 4.79 Å². The molecule has 2 aromatic rings. The highest BCUT2D eigenvalue weighted by atomic mass is 32.1. The molecule has 9 heteroatoms. The summed E-state index contributed by atoms with van der Waals surface area (Å²) in [6.07, 6.45) is 0. The van der Waals surface area contributed by atoms with Crippen LogP contribution in [0.2, 0.25) is 0 Å². The molecule has 2 N–H and O–H groups in total. The summed E-state index contributed by atoms with van der Waals surface area (Å²) in [5.41, 5.74) is 2.40. The van der Waals surface area contributed by atoms with Crippen molar-refractivity contribution in [1.29, 1.82) is 0 Å². The lowest BCUT2D eigenvalue weighted by Gasteiger charge is -1.90. The Morgan fingerprint density at radius 1 is 1.00 bits per heavy atom. The highest BCUT2D eigenvalue weighted by molar-refractivity contribution is 7.08. The van der Waals surface area contributed by atoms with E-state index in [-0.39, 0.29) is 20.6 Å². The molecule has 2 aromatic heterocycles. The van der Waals surface area contributed by atoms with Gasteiger partial charge in [0, 0.05) is 6.92 Å². The number of carbonyl (C=O) groups is 1. The SMILES string of the molecule is C.C.C/C(=N\N)c1snnc1C.CC(=O)c1snnc1C. The summed E-state index contributed by atoms with van der Waals surface area (Å²) in [7, 11) is 0. The van der Waals surface area contributed by atoms with Crippen LogP contribution in [-0.2, 0) is 0 Å². The number of aromatic nitrogens is 4. The maximum absolute atomic E-state index is 10.7. The Bertz CT molecular complexity index is 590. The van der Waals surface area contributed by atoms with Crippen LogP contribution in [-0.4, -0.2) is 30.7 Å². The van der Waals surface area contributed by atoms with E-state index in [9.17, 15) is 4.79 Å². The maximum Gasteiger partial charge on any atom is 0.173 e. The number of hydrazone groups is 1. The van der Waals surface area contributed by atoms with Crippen LogP contribution in [0.3, 0.4) is 0 Å². The lowest BCUT2D eigenvalue weighted by molar-refractivity contribution is 0.102. The molecule has 0 fully saturated rings. The van der Waals surface area contributed by atoms with Gasteiger partial charge in [0.1, 0.15) is 4.88 Å². The molecular weight excluding hydrogens is 308 g/mol. The van der Waals surface area contributed by atoms with Crippen LogP contribution in [0.5, 0.6) is 0 Å². The molecule has 0 bridgehead atoms. The summed E-state index contributed by atoms with van der Waals surface area (Å²) in [5, 5.41) is 11.0. The summed E-state index contributed by atoms with van der Waals surface area (Å²) >= 11 is 2.46. The van der Waals surface area contributed by atoms with Gasteiger partial charge in [0.15, 0.2) is 5.78 Å². The molecule has 0 aliphatic heterocycles. The minimum atomic E-state index is 0. The molecule has 7 nitrogen and oxygen atoms in total. The van der Waals surface area contributed by atoms with Gasteiger partial charge in [-0.05, 0) is 43.8 Å². The minimum Gasteiger partial charge on any atom is -0.323 e. The molecule has 0 spiro atoms. The highest BCUT2D eigenvalue weighted by Crippen LogP contribution is 2.09. The Hall–Kier alpha value is -1.74. The van der Waals surface area contributed by atoms with Crippen molar-refractivity contribution in [3.05, 3.63) is 21.1 Å². The maximum atomic E-state index is 10.7. The van der Waals surface area contributed by atoms with Crippen LogP contribution >= 0.6 is 23.1 Å². The van der Waals surface area contributed by atoms with Crippen molar-refractivity contribution in [1.82, 2.24) is 19.2 Å². The first-order valence-corrected chi connectivity index (χ1v) is 6.85. The Morgan fingerprint density at radius 3 is 1.67 bits per heavy atom. The fourth-order valence-electron chi connectivity index (χ4n) is 1.17. The van der Waals surface area contributed by atoms with Crippen molar-refractivity contribution in [3.8, 4) is 0 Å². The quantitative estimate of drug-likeness (QED) is 0.392. The number of aryl methyl sites for hydroxylation is 2. The minimum absolute atomic E-state index is 0. The summed E-state index contributed by atoms with van der Waals surface area (Å²) < 4.78 is 7.36. The molecule has 0 unspecified atom stereocenters. The van der Waals surface area contributed by atoms with E-state index in [0.29, 0.717) is 4.88 Å². The van der Waals surface area contributed by atoms with Gasteiger partial charge in [0.25, 0.3) is 0 Å². The van der Waals surface area contributed by atoms with Crippen molar-refractivity contribution in [2.24, 2.45) is 10.9 Å². The number of carbonyl (C=O) groups excluding carboxylic acids is 1. The van der Waals surface area contributed by atoms with Crippen molar-refractivity contribution in [2.45, 2.75) is 42.5 Å². The Morgan fingerprint density at radius 2 is 1.43 bits per heavy atom. The molecule has 21 heavy (non-hydrogen) atoms. The largest absolute Gasteiger partial charge is 0.323 e. The fourth-order valence-corrected chi connectivity index (χ4v) is 2.32. The van der Waals surface area contributed by atoms with Crippen molar-refractivity contribution >= 4 is 34.6 Å². The number of rotatable bonds is 2. The van der Waals surface area contributed by atoms with Gasteiger partial charge in [-0.25, -0.2) is 0 Å². The van der Waals surface area contributed by atoms with Crippen LogP contribution < -0.4 is 5.84 Å². The zero-order valence-corrected chi connectivity index (χ0v) is 12.7. The van der Waals surface area contributed by atoms with Gasteiger partial charge in [-0.3, -0.25) is 4.79 Å². The highest BCUT2D eigenvalue weighted by Gasteiger charge is 2.06. The molecule has 0 saturated carbocycles. The van der Waals surface area contributed by atoms with Gasteiger partial charge in [-0.2, -0.15) is 5.10 Å². The van der Waals surface area contributed by atoms with Gasteiger partial charge >= 0.3 is 0 Å². The van der Waals surface area contributed by atoms with Gasteiger partial charge in [0.2, 0.25) is 0 Å². The monoisotopic (exact) mass is 330 g/mol. The van der Waals surface area contributed by atoms with E-state index in [0.717, 1.165) is 33.5 Å². The van der Waals surface area contributed by atoms with Crippen LogP contribution in [0.4, 0.5) is 0 Å². The van der Waals surface area contributed by atoms with E-state index in [1.54, 1.807) is 6.92 Å². The number of nitrogens with zero attached hydrogens (tertiary/aromatic N) is 5. The Kier molecular flexibility index (Phi) is 10.3. The van der Waals surface area contributed by atoms with Gasteiger partial charge in [-0.15, -0.1) is 10.2 Å². The third kappa shape index (κ3) is 6.05. The third-order valence-electron chi connectivity index (χ3n) is 2.15. The topological polar surface area (TPSA) is 107 Å². The Balaban J connectivity index is 0. The van der Waals surface area contributed by atoms with E-state index < -0.39 is 0 Å². The van der Waals surface area contributed by atoms with Crippen molar-refractivity contribution in [3.63, 3.8) is 0 Å². The molecule has 0 aliphatic carbocycles. The number of hydrogen-bond donors (Lipinski definition) is 1. The van der Waals surface area contributed by atoms with E-state index in [1.807, 2.05) is 13.8 Å². The molecular formula is C12H22N6OS2. The number of hydrogen-bond acceptors (Lipinski definition) is 9. The fraction of sp³-hybridized carbons (Fsp3) is 0.500. The lowest BCUT2D eigenvalue weighted by atomic mass is 10.3. The predicted octanol–water partition coefficient (Wildman–Crippen LogP) is 2.85. The molecule has 0 amide bonds. The molecule has 0 saturated heterocycles. The van der Waals surface area contributed by atoms with Gasteiger partial charge in [0.05, 0.1) is 22.0 Å². The molecule has 2 rings (SSSR count). The average Bonchev–Trinajstić information content (AvgIpc) is 2.97. The summed E-state index contributed by atoms with van der Waals surface area (Å²) in [6.45, 7) is 7.01. The average molecular weight is 330 g/mol. The molecule has 0 aliphatic rings. The van der Waals surface area contributed by atoms with E-state index >= 15 is 0 Å². The van der Waals surface area contributed by atoms with E-state index in [1.165, 1.54) is 18.5 Å². The molecule has 118 valence electrons. The second-order valence-electron chi connectivity index (χ2n) is 3.65. The summed E-state index contributed by atoms with van der Waals surface area (Å²) in [5.74, 6) is 5.12. The predicted molar refractivity (Wildman–Crippen MR) is 89.2 cm³/mol. The van der Waals surface area contributed by atoms with E-state index in [2.05, 4.69) is 24.3 Å². The molecule has 2 heterocycles. The zero-order chi connectivity index (χ0) is 14.4. The van der Waals surface area contributed by atoms with E-state index in [4.69, 9.17) is 5.84 Å². The standard InChI is InChI=1S/C5H8N4S.C5H6N2OS.2CH4/c1-3(7-6)5-4(2)8-9-10-5;1-3-5(4(2)8)9-7-6-3;;/h6H2,1-2H3;1-2H3;2*1H4/b7-3+;;;. The van der Waals surface area contributed by atoms with Crippen LogP contribution in [0.15, 0.2) is 5.10 Å². The Labute approximate surface area is 133 Å². The van der Waals surface area contributed by atoms with Gasteiger partial charge in [-0.1, -0.05) is 23.8 Å². The molecule has 0 radical (unpaired) electrons. The third-order valence-corrected chi connectivity index (χ3v) is 4.01. The second-order valence-corrected chi connectivity index (χ2v) is 5.15. The van der Waals surface area contributed by atoms with Crippen LogP contribution in [0, 0.1) is 13.8 Å². The van der Waals surface area contributed by atoms with Crippen LogP contribution in [0.1, 0.15) is 54.6 Å². The number of nitrogens with two attached hydrogens (primary N) is 1. The first-order valence-electron chi connectivity index (χ1n) is 5.31.